The molecule has 1 saturated heterocycles. The molecule has 2 nitrogen and oxygen atoms in total. The van der Waals surface area contributed by atoms with Crippen LogP contribution in [0.4, 0.5) is 0 Å². The fraction of sp³-hybridized carbons (Fsp3) is 0.235. The number of benzene rings is 2. The van der Waals surface area contributed by atoms with Crippen LogP contribution in [0.25, 0.3) is 0 Å². The summed E-state index contributed by atoms with van der Waals surface area (Å²) < 4.78 is 5.53. The van der Waals surface area contributed by atoms with E-state index >= 15 is 0 Å². The number of esters is 1. The molecule has 0 N–H and O–H groups in total. The Balaban J connectivity index is 1.68. The van der Waals surface area contributed by atoms with Crippen LogP contribution >= 0.6 is 11.8 Å². The predicted molar refractivity (Wildman–Crippen MR) is 78.4 cm³/mol. The lowest BCUT2D eigenvalue weighted by Crippen LogP contribution is -2.15. The van der Waals surface area contributed by atoms with Crippen molar-refractivity contribution >= 4 is 17.7 Å². The topological polar surface area (TPSA) is 26.3 Å². The Morgan fingerprint density at radius 2 is 1.65 bits per heavy atom. The van der Waals surface area contributed by atoms with Gasteiger partial charge in [-0.1, -0.05) is 48.5 Å². The molecule has 0 bridgehead atoms. The molecule has 1 aliphatic heterocycles. The number of ether oxygens (including phenoxy) is 1. The standard InChI is InChI=1S/C17H14O2S/c18-16-14-11-17(14,20-13-9-5-2-6-10-13)15(19-16)12-7-3-1-4-8-12/h1-10,14-15H,11H2. The van der Waals surface area contributed by atoms with E-state index in [0.29, 0.717) is 0 Å². The van der Waals surface area contributed by atoms with Crippen LogP contribution in [0.1, 0.15) is 18.1 Å². The third kappa shape index (κ3) is 1.77. The number of cyclic esters (lactones) is 1. The minimum Gasteiger partial charge on any atom is -0.456 e. The number of fused-ring (bicyclic) bond motifs is 1. The largest absolute Gasteiger partial charge is 0.456 e. The maximum atomic E-state index is 12.0. The normalized spacial score (nSPS) is 30.7. The molecule has 3 unspecified atom stereocenters. The van der Waals surface area contributed by atoms with Crippen molar-refractivity contribution in [2.24, 2.45) is 5.92 Å². The van der Waals surface area contributed by atoms with Crippen molar-refractivity contribution in [2.75, 3.05) is 0 Å². The average molecular weight is 282 g/mol. The third-order valence-electron chi connectivity index (χ3n) is 4.07. The van der Waals surface area contributed by atoms with Crippen molar-refractivity contribution in [1.29, 1.82) is 0 Å². The second-order valence-corrected chi connectivity index (χ2v) is 6.79. The minimum atomic E-state index is -0.119. The van der Waals surface area contributed by atoms with Gasteiger partial charge in [0.05, 0.1) is 10.7 Å². The monoisotopic (exact) mass is 282 g/mol. The SMILES string of the molecule is O=C1OC(c2ccccc2)C2(Sc3ccccc3)CC12. The smallest absolute Gasteiger partial charge is 0.311 e. The van der Waals surface area contributed by atoms with Gasteiger partial charge in [-0.3, -0.25) is 4.79 Å². The maximum absolute atomic E-state index is 12.0. The van der Waals surface area contributed by atoms with Gasteiger partial charge in [-0.05, 0) is 24.1 Å². The van der Waals surface area contributed by atoms with Crippen LogP contribution in [0, 0.1) is 5.92 Å². The molecule has 4 rings (SSSR count). The fourth-order valence-corrected chi connectivity index (χ4v) is 4.49. The van der Waals surface area contributed by atoms with Gasteiger partial charge in [0.15, 0.2) is 0 Å². The summed E-state index contributed by atoms with van der Waals surface area (Å²) in [5, 5.41) is 0. The fourth-order valence-electron chi connectivity index (χ4n) is 2.98. The lowest BCUT2D eigenvalue weighted by Gasteiger charge is -2.22. The van der Waals surface area contributed by atoms with E-state index in [-0.39, 0.29) is 22.7 Å². The van der Waals surface area contributed by atoms with Crippen molar-refractivity contribution in [3.8, 4) is 0 Å². The van der Waals surface area contributed by atoms with Gasteiger partial charge < -0.3 is 4.74 Å². The van der Waals surface area contributed by atoms with Crippen LogP contribution < -0.4 is 0 Å². The van der Waals surface area contributed by atoms with Gasteiger partial charge in [0.25, 0.3) is 0 Å². The van der Waals surface area contributed by atoms with Crippen molar-refractivity contribution < 1.29 is 9.53 Å². The number of carbonyl (C=O) groups is 1. The average Bonchev–Trinajstić information content (AvgIpc) is 3.15. The molecule has 2 aliphatic rings. The third-order valence-corrected chi connectivity index (χ3v) is 5.62. The second kappa shape index (κ2) is 4.38. The molecule has 0 aromatic heterocycles. The van der Waals surface area contributed by atoms with Crippen molar-refractivity contribution in [1.82, 2.24) is 0 Å². The van der Waals surface area contributed by atoms with E-state index in [0.717, 1.165) is 12.0 Å². The molecule has 2 fully saturated rings. The van der Waals surface area contributed by atoms with Gasteiger partial charge in [-0.25, -0.2) is 0 Å². The Morgan fingerprint density at radius 1 is 1.00 bits per heavy atom. The summed E-state index contributed by atoms with van der Waals surface area (Å²) in [5.74, 6) is 0.0141. The number of carbonyl (C=O) groups excluding carboxylic acids is 1. The second-order valence-electron chi connectivity index (χ2n) is 5.35. The summed E-state index contributed by atoms with van der Waals surface area (Å²) in [5.41, 5.74) is 1.10. The van der Waals surface area contributed by atoms with Crippen LogP contribution in [0.15, 0.2) is 65.6 Å². The van der Waals surface area contributed by atoms with E-state index in [1.807, 2.05) is 48.5 Å². The highest BCUT2D eigenvalue weighted by Gasteiger charge is 2.71. The molecule has 1 saturated carbocycles. The lowest BCUT2D eigenvalue weighted by molar-refractivity contribution is -0.145. The molecule has 1 aliphatic carbocycles. The Kier molecular flexibility index (Phi) is 2.64. The Labute approximate surface area is 122 Å². The number of hydrogen-bond acceptors (Lipinski definition) is 3. The molecule has 0 amide bonds. The molecular weight excluding hydrogens is 268 g/mol. The first kappa shape index (κ1) is 12.0. The molecule has 0 radical (unpaired) electrons. The van der Waals surface area contributed by atoms with Crippen molar-refractivity contribution in [3.05, 3.63) is 66.2 Å². The summed E-state index contributed by atoms with van der Waals surface area (Å²) in [6, 6.07) is 20.4. The van der Waals surface area contributed by atoms with E-state index in [9.17, 15) is 4.79 Å². The number of hydrogen-bond donors (Lipinski definition) is 0. The van der Waals surface area contributed by atoms with Gasteiger partial charge in [-0.2, -0.15) is 0 Å². The Morgan fingerprint density at radius 3 is 2.30 bits per heavy atom. The van der Waals surface area contributed by atoms with E-state index in [4.69, 9.17) is 4.74 Å². The molecule has 0 spiro atoms. The minimum absolute atomic E-state index is 0.0396. The number of thioether (sulfide) groups is 1. The molecule has 1 heterocycles. The van der Waals surface area contributed by atoms with E-state index < -0.39 is 0 Å². The molecular formula is C17H14O2S. The highest BCUT2D eigenvalue weighted by molar-refractivity contribution is 8.01. The van der Waals surface area contributed by atoms with Crippen LogP contribution in [0.3, 0.4) is 0 Å². The van der Waals surface area contributed by atoms with Crippen LogP contribution in [0.2, 0.25) is 0 Å². The summed E-state index contributed by atoms with van der Waals surface area (Å²) in [6.07, 6.45) is 0.803. The van der Waals surface area contributed by atoms with Gasteiger partial charge in [0.1, 0.15) is 6.10 Å². The van der Waals surface area contributed by atoms with Crippen LogP contribution in [-0.2, 0) is 9.53 Å². The van der Waals surface area contributed by atoms with Crippen LogP contribution in [-0.4, -0.2) is 10.7 Å². The zero-order valence-corrected chi connectivity index (χ0v) is 11.7. The van der Waals surface area contributed by atoms with Crippen molar-refractivity contribution in [2.45, 2.75) is 22.2 Å². The maximum Gasteiger partial charge on any atom is 0.311 e. The Hall–Kier alpha value is -1.74. The molecule has 20 heavy (non-hydrogen) atoms. The molecule has 3 heteroatoms. The highest BCUT2D eigenvalue weighted by atomic mass is 32.2. The van der Waals surface area contributed by atoms with E-state index in [2.05, 4.69) is 12.1 Å². The van der Waals surface area contributed by atoms with Crippen molar-refractivity contribution in [3.63, 3.8) is 0 Å². The van der Waals surface area contributed by atoms with Gasteiger partial charge in [0.2, 0.25) is 0 Å². The Bertz CT molecular complexity index is 641. The quantitative estimate of drug-likeness (QED) is 0.800. The first-order chi connectivity index (χ1) is 9.79. The van der Waals surface area contributed by atoms with Gasteiger partial charge in [0, 0.05) is 4.90 Å². The summed E-state index contributed by atoms with van der Waals surface area (Å²) in [7, 11) is 0. The lowest BCUT2D eigenvalue weighted by atomic mass is 10.1. The summed E-state index contributed by atoms with van der Waals surface area (Å²) in [6.45, 7) is 0. The summed E-state index contributed by atoms with van der Waals surface area (Å²) in [4.78, 5) is 13.2. The van der Waals surface area contributed by atoms with E-state index in [1.54, 1.807) is 11.8 Å². The highest BCUT2D eigenvalue weighted by Crippen LogP contribution is 2.68. The molecule has 100 valence electrons. The van der Waals surface area contributed by atoms with Crippen LogP contribution in [0.5, 0.6) is 0 Å². The first-order valence-electron chi connectivity index (χ1n) is 6.79. The molecule has 2 aromatic rings. The zero-order chi connectivity index (χ0) is 13.6. The zero-order valence-electron chi connectivity index (χ0n) is 10.9. The van der Waals surface area contributed by atoms with E-state index in [1.165, 1.54) is 4.90 Å². The summed E-state index contributed by atoms with van der Waals surface area (Å²) >= 11 is 1.79. The molecule has 3 atom stereocenters. The van der Waals surface area contributed by atoms with Gasteiger partial charge in [-0.15, -0.1) is 11.8 Å². The first-order valence-corrected chi connectivity index (χ1v) is 7.61. The molecule has 2 aromatic carbocycles. The predicted octanol–water partition coefficient (Wildman–Crippen LogP) is 3.84. The van der Waals surface area contributed by atoms with Gasteiger partial charge >= 0.3 is 5.97 Å². The number of rotatable bonds is 3.